The number of rotatable bonds is 3. The zero-order chi connectivity index (χ0) is 13.1. The number of benzene rings is 2. The Morgan fingerprint density at radius 2 is 1.56 bits per heavy atom. The first-order chi connectivity index (χ1) is 8.56. The standard InChI is InChI=1S/C14H10Cl2OS/c1-9(17)10-2-4-11(5-3-10)18-12-6-7-13(15)14(16)8-12/h2-8H,1H3. The van der Waals surface area contributed by atoms with Gasteiger partial charge in [0, 0.05) is 15.4 Å². The molecule has 0 unspecified atom stereocenters. The molecule has 0 aromatic heterocycles. The first-order valence-electron chi connectivity index (χ1n) is 5.30. The average Bonchev–Trinajstić information content (AvgIpc) is 2.34. The van der Waals surface area contributed by atoms with Gasteiger partial charge in [0.2, 0.25) is 0 Å². The Bertz CT molecular complexity index is 579. The molecule has 2 aromatic carbocycles. The monoisotopic (exact) mass is 296 g/mol. The first kappa shape index (κ1) is 13.5. The molecule has 0 heterocycles. The lowest BCUT2D eigenvalue weighted by Gasteiger charge is -2.04. The van der Waals surface area contributed by atoms with E-state index in [4.69, 9.17) is 23.2 Å². The Balaban J connectivity index is 2.18. The molecular formula is C14H10Cl2OS. The SMILES string of the molecule is CC(=O)c1ccc(Sc2ccc(Cl)c(Cl)c2)cc1. The van der Waals surface area contributed by atoms with Gasteiger partial charge < -0.3 is 0 Å². The molecule has 0 fully saturated rings. The maximum atomic E-state index is 11.2. The Labute approximate surface area is 120 Å². The largest absolute Gasteiger partial charge is 0.295 e. The van der Waals surface area contributed by atoms with Crippen molar-refractivity contribution in [3.63, 3.8) is 0 Å². The minimum atomic E-state index is 0.0705. The Kier molecular flexibility index (Phi) is 4.33. The summed E-state index contributed by atoms with van der Waals surface area (Å²) in [4.78, 5) is 13.2. The molecule has 1 nitrogen and oxygen atoms in total. The molecule has 2 rings (SSSR count). The van der Waals surface area contributed by atoms with Crippen LogP contribution in [0.1, 0.15) is 17.3 Å². The Hall–Kier alpha value is -0.960. The third-order valence-corrected chi connectivity index (χ3v) is 4.12. The van der Waals surface area contributed by atoms with E-state index in [1.165, 1.54) is 0 Å². The van der Waals surface area contributed by atoms with E-state index in [1.807, 2.05) is 36.4 Å². The van der Waals surface area contributed by atoms with Crippen LogP contribution in [0.5, 0.6) is 0 Å². The van der Waals surface area contributed by atoms with E-state index in [-0.39, 0.29) is 5.78 Å². The zero-order valence-electron chi connectivity index (χ0n) is 9.61. The molecule has 4 heteroatoms. The fraction of sp³-hybridized carbons (Fsp3) is 0.0714. The fourth-order valence-corrected chi connectivity index (χ4v) is 2.65. The maximum Gasteiger partial charge on any atom is 0.159 e. The minimum Gasteiger partial charge on any atom is -0.295 e. The topological polar surface area (TPSA) is 17.1 Å². The molecule has 18 heavy (non-hydrogen) atoms. The second kappa shape index (κ2) is 5.79. The number of hydrogen-bond donors (Lipinski definition) is 0. The summed E-state index contributed by atoms with van der Waals surface area (Å²) in [5.74, 6) is 0.0705. The smallest absolute Gasteiger partial charge is 0.159 e. The van der Waals surface area contributed by atoms with Crippen molar-refractivity contribution in [2.45, 2.75) is 16.7 Å². The van der Waals surface area contributed by atoms with Gasteiger partial charge in [0.25, 0.3) is 0 Å². The van der Waals surface area contributed by atoms with Gasteiger partial charge in [-0.25, -0.2) is 0 Å². The van der Waals surface area contributed by atoms with Crippen molar-refractivity contribution in [1.82, 2.24) is 0 Å². The third-order valence-electron chi connectivity index (χ3n) is 2.39. The summed E-state index contributed by atoms with van der Waals surface area (Å²) in [5, 5.41) is 1.09. The number of Topliss-reactive ketones (excluding diaryl/α,β-unsaturated/α-hetero) is 1. The number of halogens is 2. The van der Waals surface area contributed by atoms with Crippen LogP contribution in [0.3, 0.4) is 0 Å². The maximum absolute atomic E-state index is 11.2. The Morgan fingerprint density at radius 3 is 2.11 bits per heavy atom. The normalized spacial score (nSPS) is 10.4. The highest BCUT2D eigenvalue weighted by Gasteiger charge is 2.03. The molecule has 0 bridgehead atoms. The van der Waals surface area contributed by atoms with Crippen molar-refractivity contribution in [3.8, 4) is 0 Å². The molecular weight excluding hydrogens is 287 g/mol. The molecule has 0 atom stereocenters. The van der Waals surface area contributed by atoms with Crippen LogP contribution in [0, 0.1) is 0 Å². The van der Waals surface area contributed by atoms with E-state index in [1.54, 1.807) is 24.8 Å². The van der Waals surface area contributed by atoms with Gasteiger partial charge >= 0.3 is 0 Å². The predicted octanol–water partition coefficient (Wildman–Crippen LogP) is 5.35. The molecule has 2 aromatic rings. The molecule has 0 aliphatic heterocycles. The van der Waals surface area contributed by atoms with E-state index < -0.39 is 0 Å². The van der Waals surface area contributed by atoms with Gasteiger partial charge in [0.1, 0.15) is 0 Å². The number of carbonyl (C=O) groups excluding carboxylic acids is 1. The number of carbonyl (C=O) groups is 1. The van der Waals surface area contributed by atoms with Gasteiger partial charge in [-0.2, -0.15) is 0 Å². The van der Waals surface area contributed by atoms with Gasteiger partial charge in [-0.15, -0.1) is 0 Å². The van der Waals surface area contributed by atoms with Crippen molar-refractivity contribution in [2.24, 2.45) is 0 Å². The molecule has 0 radical (unpaired) electrons. The molecule has 0 saturated heterocycles. The fourth-order valence-electron chi connectivity index (χ4n) is 1.43. The van der Waals surface area contributed by atoms with Gasteiger partial charge in [-0.05, 0) is 37.3 Å². The lowest BCUT2D eigenvalue weighted by Crippen LogP contribution is -1.90. The third kappa shape index (κ3) is 3.29. The highest BCUT2D eigenvalue weighted by Crippen LogP contribution is 2.32. The van der Waals surface area contributed by atoms with E-state index in [2.05, 4.69) is 0 Å². The molecule has 0 saturated carbocycles. The first-order valence-corrected chi connectivity index (χ1v) is 6.87. The second-order valence-corrected chi connectivity index (χ2v) is 5.72. The van der Waals surface area contributed by atoms with Crippen LogP contribution in [-0.2, 0) is 0 Å². The van der Waals surface area contributed by atoms with Crippen LogP contribution in [0.15, 0.2) is 52.3 Å². The van der Waals surface area contributed by atoms with Gasteiger partial charge in [-0.1, -0.05) is 47.1 Å². The quantitative estimate of drug-likeness (QED) is 0.711. The van der Waals surface area contributed by atoms with Crippen molar-refractivity contribution in [1.29, 1.82) is 0 Å². The summed E-state index contributed by atoms with van der Waals surface area (Å²) in [6.07, 6.45) is 0. The van der Waals surface area contributed by atoms with Crippen LogP contribution in [0.25, 0.3) is 0 Å². The molecule has 0 N–H and O–H groups in total. The molecule has 0 amide bonds. The molecule has 92 valence electrons. The van der Waals surface area contributed by atoms with E-state index in [0.717, 1.165) is 9.79 Å². The number of hydrogen-bond acceptors (Lipinski definition) is 2. The highest BCUT2D eigenvalue weighted by molar-refractivity contribution is 7.99. The van der Waals surface area contributed by atoms with Crippen LogP contribution in [0.2, 0.25) is 10.0 Å². The van der Waals surface area contributed by atoms with Crippen LogP contribution < -0.4 is 0 Å². The minimum absolute atomic E-state index is 0.0705. The predicted molar refractivity (Wildman–Crippen MR) is 77.0 cm³/mol. The lowest BCUT2D eigenvalue weighted by atomic mass is 10.2. The van der Waals surface area contributed by atoms with Crippen molar-refractivity contribution in [3.05, 3.63) is 58.1 Å². The summed E-state index contributed by atoms with van der Waals surface area (Å²) in [7, 11) is 0. The lowest BCUT2D eigenvalue weighted by molar-refractivity contribution is 0.101. The van der Waals surface area contributed by atoms with Crippen molar-refractivity contribution >= 4 is 40.7 Å². The molecule has 0 aliphatic rings. The van der Waals surface area contributed by atoms with E-state index in [0.29, 0.717) is 15.6 Å². The van der Waals surface area contributed by atoms with Crippen LogP contribution in [0.4, 0.5) is 0 Å². The van der Waals surface area contributed by atoms with Gasteiger partial charge in [-0.3, -0.25) is 4.79 Å². The molecule has 0 aliphatic carbocycles. The zero-order valence-corrected chi connectivity index (χ0v) is 11.9. The summed E-state index contributed by atoms with van der Waals surface area (Å²) in [5.41, 5.74) is 0.716. The average molecular weight is 297 g/mol. The van der Waals surface area contributed by atoms with Crippen LogP contribution >= 0.6 is 35.0 Å². The molecule has 0 spiro atoms. The Morgan fingerprint density at radius 1 is 0.944 bits per heavy atom. The van der Waals surface area contributed by atoms with Crippen molar-refractivity contribution < 1.29 is 4.79 Å². The van der Waals surface area contributed by atoms with E-state index >= 15 is 0 Å². The summed E-state index contributed by atoms with van der Waals surface area (Å²) in [6, 6.07) is 13.0. The summed E-state index contributed by atoms with van der Waals surface area (Å²) in [6.45, 7) is 1.56. The van der Waals surface area contributed by atoms with Gasteiger partial charge in [0.15, 0.2) is 5.78 Å². The van der Waals surface area contributed by atoms with Crippen molar-refractivity contribution in [2.75, 3.05) is 0 Å². The second-order valence-electron chi connectivity index (χ2n) is 3.76. The summed E-state index contributed by atoms with van der Waals surface area (Å²) < 4.78 is 0. The van der Waals surface area contributed by atoms with E-state index in [9.17, 15) is 4.79 Å². The number of ketones is 1. The van der Waals surface area contributed by atoms with Gasteiger partial charge in [0.05, 0.1) is 10.0 Å². The highest BCUT2D eigenvalue weighted by atomic mass is 35.5. The van der Waals surface area contributed by atoms with Crippen LogP contribution in [-0.4, -0.2) is 5.78 Å². The summed E-state index contributed by atoms with van der Waals surface area (Å²) >= 11 is 13.4.